The van der Waals surface area contributed by atoms with E-state index in [-0.39, 0.29) is 0 Å². The van der Waals surface area contributed by atoms with Crippen LogP contribution in [0, 0.1) is 6.92 Å². The van der Waals surface area contributed by atoms with Gasteiger partial charge in [0.1, 0.15) is 16.8 Å². The predicted octanol–water partition coefficient (Wildman–Crippen LogP) is 2.74. The van der Waals surface area contributed by atoms with E-state index in [9.17, 15) is 0 Å². The summed E-state index contributed by atoms with van der Waals surface area (Å²) in [6.45, 7) is 4.77. The number of aryl methyl sites for hydroxylation is 3. The molecule has 0 unspecified atom stereocenters. The van der Waals surface area contributed by atoms with Crippen LogP contribution in [0.15, 0.2) is 12.3 Å². The fraction of sp³-hybridized carbons (Fsp3) is 0.462. The number of nitrogens with one attached hydrogen (secondary N) is 1. The first kappa shape index (κ1) is 13.8. The third-order valence-corrected chi connectivity index (χ3v) is 2.98. The first-order valence-corrected chi connectivity index (χ1v) is 6.72. The van der Waals surface area contributed by atoms with Crippen molar-refractivity contribution in [2.24, 2.45) is 7.05 Å². The summed E-state index contributed by atoms with van der Waals surface area (Å²) in [4.78, 5) is 8.64. The van der Waals surface area contributed by atoms with Gasteiger partial charge in [-0.3, -0.25) is 4.68 Å². The summed E-state index contributed by atoms with van der Waals surface area (Å²) < 4.78 is 1.81. The fourth-order valence-electron chi connectivity index (χ4n) is 1.90. The maximum atomic E-state index is 6.00. The molecule has 0 aliphatic rings. The lowest BCUT2D eigenvalue weighted by Gasteiger charge is -2.07. The Morgan fingerprint density at radius 3 is 2.79 bits per heavy atom. The van der Waals surface area contributed by atoms with Crippen LogP contribution in [0.1, 0.15) is 30.4 Å². The Balaban J connectivity index is 2.08. The average Bonchev–Trinajstić information content (AvgIpc) is 2.65. The third-order valence-electron chi connectivity index (χ3n) is 2.79. The van der Waals surface area contributed by atoms with Crippen LogP contribution in [0.25, 0.3) is 0 Å². The Hall–Kier alpha value is -1.62. The van der Waals surface area contributed by atoms with Crippen LogP contribution >= 0.6 is 11.6 Å². The molecule has 19 heavy (non-hydrogen) atoms. The monoisotopic (exact) mass is 279 g/mol. The van der Waals surface area contributed by atoms with Gasteiger partial charge in [-0.25, -0.2) is 9.97 Å². The Morgan fingerprint density at radius 2 is 2.16 bits per heavy atom. The second kappa shape index (κ2) is 6.02. The molecule has 102 valence electrons. The highest BCUT2D eigenvalue weighted by Crippen LogP contribution is 2.14. The summed E-state index contributed by atoms with van der Waals surface area (Å²) in [5.74, 6) is 1.53. The number of aromatic nitrogens is 4. The molecule has 0 atom stereocenters. The van der Waals surface area contributed by atoms with Gasteiger partial charge < -0.3 is 5.32 Å². The number of anilines is 1. The lowest BCUT2D eigenvalue weighted by molar-refractivity contribution is 0.756. The Labute approximate surface area is 118 Å². The molecule has 5 nitrogen and oxygen atoms in total. The summed E-state index contributed by atoms with van der Waals surface area (Å²) in [5.41, 5.74) is 2.17. The van der Waals surface area contributed by atoms with E-state index in [0.29, 0.717) is 11.7 Å². The van der Waals surface area contributed by atoms with Crippen LogP contribution in [-0.2, 0) is 20.0 Å². The number of halogens is 1. The van der Waals surface area contributed by atoms with Crippen molar-refractivity contribution in [3.63, 3.8) is 0 Å². The highest BCUT2D eigenvalue weighted by Gasteiger charge is 2.05. The Kier molecular flexibility index (Phi) is 4.37. The molecule has 2 heterocycles. The summed E-state index contributed by atoms with van der Waals surface area (Å²) in [6.07, 6.45) is 3.83. The topological polar surface area (TPSA) is 55.6 Å². The molecule has 6 heteroatoms. The van der Waals surface area contributed by atoms with Gasteiger partial charge in [-0.2, -0.15) is 5.10 Å². The van der Waals surface area contributed by atoms with Crippen LogP contribution in [-0.4, -0.2) is 19.7 Å². The summed E-state index contributed by atoms with van der Waals surface area (Å²) >= 11 is 6.00. The van der Waals surface area contributed by atoms with Crippen molar-refractivity contribution >= 4 is 17.4 Å². The largest absolute Gasteiger partial charge is 0.366 e. The molecule has 0 saturated heterocycles. The molecule has 2 rings (SSSR count). The average molecular weight is 280 g/mol. The third kappa shape index (κ3) is 3.67. The Bertz CT molecular complexity index is 564. The molecule has 0 aromatic carbocycles. The van der Waals surface area contributed by atoms with Gasteiger partial charge in [-0.15, -0.1) is 0 Å². The highest BCUT2D eigenvalue weighted by atomic mass is 35.5. The van der Waals surface area contributed by atoms with Crippen LogP contribution in [0.2, 0.25) is 5.15 Å². The van der Waals surface area contributed by atoms with Crippen molar-refractivity contribution in [2.75, 3.05) is 5.32 Å². The molecule has 0 aliphatic carbocycles. The van der Waals surface area contributed by atoms with Gasteiger partial charge in [0.25, 0.3) is 0 Å². The maximum Gasteiger partial charge on any atom is 0.134 e. The van der Waals surface area contributed by atoms with Crippen molar-refractivity contribution in [1.29, 1.82) is 0 Å². The number of rotatable bonds is 5. The van der Waals surface area contributed by atoms with Crippen LogP contribution < -0.4 is 5.32 Å². The molecular formula is C13H18ClN5. The van der Waals surface area contributed by atoms with E-state index in [1.807, 2.05) is 24.9 Å². The van der Waals surface area contributed by atoms with Gasteiger partial charge in [-0.1, -0.05) is 18.5 Å². The van der Waals surface area contributed by atoms with Gasteiger partial charge in [0.15, 0.2) is 0 Å². The minimum absolute atomic E-state index is 0.476. The molecule has 0 amide bonds. The predicted molar refractivity (Wildman–Crippen MR) is 76.3 cm³/mol. The fourth-order valence-corrected chi connectivity index (χ4v) is 2.10. The van der Waals surface area contributed by atoms with Crippen LogP contribution in [0.5, 0.6) is 0 Å². The minimum atomic E-state index is 0.476. The second-order valence-corrected chi connectivity index (χ2v) is 4.90. The minimum Gasteiger partial charge on any atom is -0.366 e. The summed E-state index contributed by atoms with van der Waals surface area (Å²) in [5, 5.41) is 8.05. The normalized spacial score (nSPS) is 10.7. The van der Waals surface area contributed by atoms with E-state index in [4.69, 9.17) is 11.6 Å². The molecule has 0 spiro atoms. The molecule has 0 bridgehead atoms. The smallest absolute Gasteiger partial charge is 0.134 e. The van der Waals surface area contributed by atoms with Crippen molar-refractivity contribution < 1.29 is 0 Å². The maximum absolute atomic E-state index is 6.00. The first-order chi connectivity index (χ1) is 9.08. The number of hydrogen-bond acceptors (Lipinski definition) is 4. The van der Waals surface area contributed by atoms with Crippen LogP contribution in [0.3, 0.4) is 0 Å². The van der Waals surface area contributed by atoms with Crippen molar-refractivity contribution in [2.45, 2.75) is 33.2 Å². The van der Waals surface area contributed by atoms with Gasteiger partial charge in [0.05, 0.1) is 5.69 Å². The van der Waals surface area contributed by atoms with Gasteiger partial charge in [0, 0.05) is 37.8 Å². The molecule has 0 fully saturated rings. The van der Waals surface area contributed by atoms with E-state index in [1.165, 1.54) is 0 Å². The zero-order chi connectivity index (χ0) is 13.8. The van der Waals surface area contributed by atoms with Crippen molar-refractivity contribution in [1.82, 2.24) is 19.7 Å². The van der Waals surface area contributed by atoms with E-state index >= 15 is 0 Å². The number of nitrogens with zero attached hydrogens (tertiary/aromatic N) is 4. The zero-order valence-electron chi connectivity index (χ0n) is 11.4. The summed E-state index contributed by atoms with van der Waals surface area (Å²) in [6, 6.07) is 1.74. The van der Waals surface area contributed by atoms with E-state index in [1.54, 1.807) is 6.07 Å². The molecule has 0 radical (unpaired) electrons. The molecule has 0 aliphatic heterocycles. The van der Waals surface area contributed by atoms with E-state index in [0.717, 1.165) is 35.7 Å². The standard InChI is InChI=1S/C13H18ClN5/c1-4-5-12-16-11(14)6-13(17-12)15-7-10-8-19(3)18-9(10)2/h6,8H,4-5,7H2,1-3H3,(H,15,16,17). The highest BCUT2D eigenvalue weighted by molar-refractivity contribution is 6.29. The van der Waals surface area contributed by atoms with Crippen LogP contribution in [0.4, 0.5) is 5.82 Å². The van der Waals surface area contributed by atoms with E-state index < -0.39 is 0 Å². The summed E-state index contributed by atoms with van der Waals surface area (Å²) in [7, 11) is 1.91. The van der Waals surface area contributed by atoms with Crippen molar-refractivity contribution in [3.8, 4) is 0 Å². The molecule has 1 N–H and O–H groups in total. The second-order valence-electron chi connectivity index (χ2n) is 4.51. The van der Waals surface area contributed by atoms with E-state index in [2.05, 4.69) is 27.3 Å². The lowest BCUT2D eigenvalue weighted by atomic mass is 10.2. The Morgan fingerprint density at radius 1 is 1.37 bits per heavy atom. The first-order valence-electron chi connectivity index (χ1n) is 6.35. The molecular weight excluding hydrogens is 262 g/mol. The quantitative estimate of drug-likeness (QED) is 0.855. The number of hydrogen-bond donors (Lipinski definition) is 1. The van der Waals surface area contributed by atoms with Crippen molar-refractivity contribution in [3.05, 3.63) is 34.5 Å². The van der Waals surface area contributed by atoms with Gasteiger partial charge in [0.2, 0.25) is 0 Å². The molecule has 2 aromatic heterocycles. The zero-order valence-corrected chi connectivity index (χ0v) is 12.2. The van der Waals surface area contributed by atoms with Gasteiger partial charge in [-0.05, 0) is 13.3 Å². The lowest BCUT2D eigenvalue weighted by Crippen LogP contribution is -2.05. The molecule has 0 saturated carbocycles. The van der Waals surface area contributed by atoms with Gasteiger partial charge >= 0.3 is 0 Å². The SMILES string of the molecule is CCCc1nc(Cl)cc(NCc2cn(C)nc2C)n1. The molecule has 2 aromatic rings.